The Morgan fingerprint density at radius 1 is 1.08 bits per heavy atom. The van der Waals surface area contributed by atoms with Crippen LogP contribution >= 0.6 is 0 Å². The first-order chi connectivity index (χ1) is 12.7. The van der Waals surface area contributed by atoms with E-state index in [1.807, 2.05) is 12.1 Å². The van der Waals surface area contributed by atoms with Crippen LogP contribution in [-0.4, -0.2) is 63.4 Å². The van der Waals surface area contributed by atoms with Crippen molar-refractivity contribution in [1.82, 2.24) is 10.2 Å². The smallest absolute Gasteiger partial charge is 0.319 e. The molecule has 1 aliphatic heterocycles. The standard InChI is InChI=1S/C20H32N4O2/c1-26-16-15-23-11-13-24(14-12-23)19-9-7-18(8-10-19)22-20(25)21-17-5-3-2-4-6-17/h7-10,17H,2-6,11-16H2,1H3,(H2,21,22,25). The molecule has 0 atom stereocenters. The van der Waals surface area contributed by atoms with Gasteiger partial charge in [-0.1, -0.05) is 19.3 Å². The molecule has 2 aliphatic rings. The molecule has 144 valence electrons. The minimum absolute atomic E-state index is 0.0867. The number of urea groups is 1. The van der Waals surface area contributed by atoms with Crippen LogP contribution in [0.2, 0.25) is 0 Å². The Labute approximate surface area is 156 Å². The summed E-state index contributed by atoms with van der Waals surface area (Å²) >= 11 is 0. The number of anilines is 2. The van der Waals surface area contributed by atoms with E-state index >= 15 is 0 Å². The van der Waals surface area contributed by atoms with Crippen LogP contribution in [0, 0.1) is 0 Å². The molecule has 0 bridgehead atoms. The summed E-state index contributed by atoms with van der Waals surface area (Å²) in [6.07, 6.45) is 5.93. The molecule has 1 saturated heterocycles. The predicted octanol–water partition coefficient (Wildman–Crippen LogP) is 2.91. The van der Waals surface area contributed by atoms with E-state index in [1.54, 1.807) is 7.11 Å². The zero-order valence-electron chi connectivity index (χ0n) is 15.9. The van der Waals surface area contributed by atoms with Gasteiger partial charge < -0.3 is 20.3 Å². The highest BCUT2D eigenvalue weighted by atomic mass is 16.5. The van der Waals surface area contributed by atoms with Gasteiger partial charge in [-0.15, -0.1) is 0 Å². The Balaban J connectivity index is 1.44. The van der Waals surface area contributed by atoms with Gasteiger partial charge in [-0.2, -0.15) is 0 Å². The Kier molecular flexibility index (Phi) is 7.14. The fourth-order valence-corrected chi connectivity index (χ4v) is 3.81. The van der Waals surface area contributed by atoms with Crippen LogP contribution in [0.4, 0.5) is 16.2 Å². The van der Waals surface area contributed by atoms with Gasteiger partial charge in [0, 0.05) is 57.3 Å². The zero-order valence-corrected chi connectivity index (χ0v) is 15.9. The summed E-state index contributed by atoms with van der Waals surface area (Å²) in [6, 6.07) is 8.43. The average Bonchev–Trinajstić information content (AvgIpc) is 2.68. The first kappa shape index (κ1) is 19.0. The minimum Gasteiger partial charge on any atom is -0.383 e. The number of nitrogens with zero attached hydrogens (tertiary/aromatic N) is 2. The number of nitrogens with one attached hydrogen (secondary N) is 2. The fourth-order valence-electron chi connectivity index (χ4n) is 3.81. The van der Waals surface area contributed by atoms with Crippen molar-refractivity contribution in [3.8, 4) is 0 Å². The SMILES string of the molecule is COCCN1CCN(c2ccc(NC(=O)NC3CCCCC3)cc2)CC1. The van der Waals surface area contributed by atoms with Crippen LogP contribution in [-0.2, 0) is 4.74 Å². The zero-order chi connectivity index (χ0) is 18.2. The lowest BCUT2D eigenvalue weighted by Gasteiger charge is -2.36. The van der Waals surface area contributed by atoms with Crippen molar-refractivity contribution >= 4 is 17.4 Å². The van der Waals surface area contributed by atoms with E-state index in [-0.39, 0.29) is 6.03 Å². The molecule has 0 aromatic heterocycles. The highest BCUT2D eigenvalue weighted by molar-refractivity contribution is 5.89. The minimum atomic E-state index is -0.0867. The summed E-state index contributed by atoms with van der Waals surface area (Å²) in [6.45, 7) is 5.98. The molecule has 6 nitrogen and oxygen atoms in total. The van der Waals surface area contributed by atoms with E-state index in [0.29, 0.717) is 6.04 Å². The molecule has 0 radical (unpaired) electrons. The number of hydrogen-bond donors (Lipinski definition) is 2. The Bertz CT molecular complexity index is 549. The quantitative estimate of drug-likeness (QED) is 0.819. The second-order valence-corrected chi connectivity index (χ2v) is 7.30. The second-order valence-electron chi connectivity index (χ2n) is 7.30. The molecule has 26 heavy (non-hydrogen) atoms. The van der Waals surface area contributed by atoms with Crippen LogP contribution in [0.5, 0.6) is 0 Å². The number of benzene rings is 1. The van der Waals surface area contributed by atoms with Gasteiger partial charge in [0.05, 0.1) is 6.61 Å². The van der Waals surface area contributed by atoms with Gasteiger partial charge in [0.2, 0.25) is 0 Å². The van der Waals surface area contributed by atoms with E-state index in [2.05, 4.69) is 32.6 Å². The molecule has 2 amide bonds. The third kappa shape index (κ3) is 5.61. The molecule has 1 aromatic carbocycles. The summed E-state index contributed by atoms with van der Waals surface area (Å²) in [5, 5.41) is 6.05. The van der Waals surface area contributed by atoms with Crippen molar-refractivity contribution in [2.75, 3.05) is 56.7 Å². The average molecular weight is 361 g/mol. The fraction of sp³-hybridized carbons (Fsp3) is 0.650. The Hall–Kier alpha value is -1.79. The number of ether oxygens (including phenoxy) is 1. The summed E-state index contributed by atoms with van der Waals surface area (Å²) in [5.41, 5.74) is 2.07. The van der Waals surface area contributed by atoms with Crippen LogP contribution in [0.15, 0.2) is 24.3 Å². The van der Waals surface area contributed by atoms with Gasteiger partial charge in [0.1, 0.15) is 0 Å². The predicted molar refractivity (Wildman–Crippen MR) is 106 cm³/mol. The summed E-state index contributed by atoms with van der Waals surface area (Å²) in [5.74, 6) is 0. The van der Waals surface area contributed by atoms with Crippen LogP contribution < -0.4 is 15.5 Å². The molecule has 6 heteroatoms. The number of carbonyl (C=O) groups excluding carboxylic acids is 1. The van der Waals surface area contributed by atoms with E-state index in [4.69, 9.17) is 4.74 Å². The lowest BCUT2D eigenvalue weighted by Crippen LogP contribution is -2.47. The second kappa shape index (κ2) is 9.78. The number of amides is 2. The summed E-state index contributed by atoms with van der Waals surface area (Å²) in [4.78, 5) is 17.0. The maximum absolute atomic E-state index is 12.1. The molecule has 0 unspecified atom stereocenters. The van der Waals surface area contributed by atoms with Crippen molar-refractivity contribution in [3.63, 3.8) is 0 Å². The van der Waals surface area contributed by atoms with Crippen molar-refractivity contribution in [3.05, 3.63) is 24.3 Å². The number of hydrogen-bond acceptors (Lipinski definition) is 4. The van der Waals surface area contributed by atoms with Crippen molar-refractivity contribution in [1.29, 1.82) is 0 Å². The normalized spacial score (nSPS) is 19.3. The molecule has 0 spiro atoms. The van der Waals surface area contributed by atoms with Gasteiger partial charge in [-0.25, -0.2) is 4.79 Å². The molecule has 2 fully saturated rings. The monoisotopic (exact) mass is 360 g/mol. The number of methoxy groups -OCH3 is 1. The Morgan fingerprint density at radius 2 is 1.77 bits per heavy atom. The molecule has 1 aromatic rings. The molecule has 2 N–H and O–H groups in total. The van der Waals surface area contributed by atoms with Crippen LogP contribution in [0.25, 0.3) is 0 Å². The van der Waals surface area contributed by atoms with Gasteiger partial charge >= 0.3 is 6.03 Å². The molecule has 1 aliphatic carbocycles. The van der Waals surface area contributed by atoms with E-state index < -0.39 is 0 Å². The third-order valence-corrected chi connectivity index (χ3v) is 5.41. The lowest BCUT2D eigenvalue weighted by atomic mass is 9.96. The van der Waals surface area contributed by atoms with Gasteiger partial charge in [-0.3, -0.25) is 4.90 Å². The van der Waals surface area contributed by atoms with Crippen LogP contribution in [0.3, 0.4) is 0 Å². The maximum atomic E-state index is 12.1. The van der Waals surface area contributed by atoms with Gasteiger partial charge in [0.25, 0.3) is 0 Å². The first-order valence-electron chi connectivity index (χ1n) is 9.88. The van der Waals surface area contributed by atoms with Gasteiger partial charge in [0.15, 0.2) is 0 Å². The molecule has 1 saturated carbocycles. The summed E-state index contributed by atoms with van der Waals surface area (Å²) in [7, 11) is 1.75. The molecular weight excluding hydrogens is 328 g/mol. The number of piperazine rings is 1. The topological polar surface area (TPSA) is 56.8 Å². The van der Waals surface area contributed by atoms with Crippen molar-refractivity contribution < 1.29 is 9.53 Å². The van der Waals surface area contributed by atoms with E-state index in [9.17, 15) is 4.79 Å². The first-order valence-corrected chi connectivity index (χ1v) is 9.88. The highest BCUT2D eigenvalue weighted by Gasteiger charge is 2.17. The van der Waals surface area contributed by atoms with Crippen molar-refractivity contribution in [2.24, 2.45) is 0 Å². The van der Waals surface area contributed by atoms with Crippen molar-refractivity contribution in [2.45, 2.75) is 38.1 Å². The van der Waals surface area contributed by atoms with E-state index in [0.717, 1.165) is 57.9 Å². The number of carbonyl (C=O) groups is 1. The lowest BCUT2D eigenvalue weighted by molar-refractivity contribution is 0.144. The summed E-state index contributed by atoms with van der Waals surface area (Å²) < 4.78 is 5.15. The highest BCUT2D eigenvalue weighted by Crippen LogP contribution is 2.20. The third-order valence-electron chi connectivity index (χ3n) is 5.41. The number of rotatable bonds is 6. The van der Waals surface area contributed by atoms with Gasteiger partial charge in [-0.05, 0) is 37.1 Å². The largest absolute Gasteiger partial charge is 0.383 e. The van der Waals surface area contributed by atoms with Crippen LogP contribution in [0.1, 0.15) is 32.1 Å². The molecular formula is C20H32N4O2. The Morgan fingerprint density at radius 3 is 2.42 bits per heavy atom. The maximum Gasteiger partial charge on any atom is 0.319 e. The van der Waals surface area contributed by atoms with E-state index in [1.165, 1.54) is 24.9 Å². The molecule has 1 heterocycles. The molecule has 3 rings (SSSR count).